The number of esters is 1. The van der Waals surface area contributed by atoms with E-state index in [0.29, 0.717) is 17.2 Å². The van der Waals surface area contributed by atoms with Crippen LogP contribution in [0.1, 0.15) is 31.7 Å². The van der Waals surface area contributed by atoms with Crippen LogP contribution in [0.25, 0.3) is 0 Å². The van der Waals surface area contributed by atoms with Gasteiger partial charge in [0.15, 0.2) is 6.61 Å². The summed E-state index contributed by atoms with van der Waals surface area (Å²) in [6, 6.07) is 14.5. The van der Waals surface area contributed by atoms with Crippen molar-refractivity contribution in [1.82, 2.24) is 0 Å². The Morgan fingerprint density at radius 3 is 2.36 bits per heavy atom. The summed E-state index contributed by atoms with van der Waals surface area (Å²) in [7, 11) is 3.04. The number of hydrogen-bond donors (Lipinski definition) is 1. The maximum atomic E-state index is 12.7. The Hall–Kier alpha value is -3.02. The van der Waals surface area contributed by atoms with Crippen molar-refractivity contribution in [3.63, 3.8) is 0 Å². The molecule has 0 fully saturated rings. The van der Waals surface area contributed by atoms with E-state index in [0.717, 1.165) is 12.0 Å². The molecule has 6 heteroatoms. The Kier molecular flexibility index (Phi) is 7.87. The van der Waals surface area contributed by atoms with E-state index in [2.05, 4.69) is 5.32 Å². The van der Waals surface area contributed by atoms with Crippen LogP contribution in [-0.4, -0.2) is 32.7 Å². The lowest BCUT2D eigenvalue weighted by molar-refractivity contribution is -0.150. The first-order valence-electron chi connectivity index (χ1n) is 9.23. The molecular weight excluding hydrogens is 358 g/mol. The molecule has 0 spiro atoms. The monoisotopic (exact) mass is 385 g/mol. The summed E-state index contributed by atoms with van der Waals surface area (Å²) in [5.41, 5.74) is 1.33. The minimum Gasteiger partial charge on any atom is -0.497 e. The maximum absolute atomic E-state index is 12.7. The molecule has 0 aliphatic heterocycles. The van der Waals surface area contributed by atoms with Crippen LogP contribution >= 0.6 is 0 Å². The van der Waals surface area contributed by atoms with Gasteiger partial charge < -0.3 is 19.5 Å². The van der Waals surface area contributed by atoms with E-state index in [1.165, 1.54) is 14.2 Å². The molecule has 28 heavy (non-hydrogen) atoms. The van der Waals surface area contributed by atoms with E-state index in [1.807, 2.05) is 44.2 Å². The minimum atomic E-state index is -0.448. The molecule has 0 heterocycles. The van der Waals surface area contributed by atoms with Crippen LogP contribution in [0.5, 0.6) is 11.5 Å². The first-order chi connectivity index (χ1) is 13.5. The highest BCUT2D eigenvalue weighted by Crippen LogP contribution is 2.30. The molecule has 0 aromatic heterocycles. The number of amides is 1. The van der Waals surface area contributed by atoms with Gasteiger partial charge in [-0.3, -0.25) is 9.59 Å². The highest BCUT2D eigenvalue weighted by Gasteiger charge is 2.27. The molecule has 2 rings (SSSR count). The van der Waals surface area contributed by atoms with Crippen molar-refractivity contribution >= 4 is 17.6 Å². The highest BCUT2D eigenvalue weighted by molar-refractivity contribution is 5.94. The van der Waals surface area contributed by atoms with Crippen molar-refractivity contribution in [3.05, 3.63) is 54.1 Å². The topological polar surface area (TPSA) is 73.9 Å². The zero-order chi connectivity index (χ0) is 20.5. The second-order valence-electron chi connectivity index (χ2n) is 6.50. The summed E-state index contributed by atoms with van der Waals surface area (Å²) in [4.78, 5) is 25.0. The Balaban J connectivity index is 2.04. The molecule has 2 aromatic carbocycles. The molecule has 0 unspecified atom stereocenters. The van der Waals surface area contributed by atoms with E-state index < -0.39 is 17.8 Å². The number of anilines is 1. The molecule has 0 saturated carbocycles. The van der Waals surface area contributed by atoms with Crippen molar-refractivity contribution in [2.45, 2.75) is 26.2 Å². The summed E-state index contributed by atoms with van der Waals surface area (Å²) >= 11 is 0. The maximum Gasteiger partial charge on any atom is 0.314 e. The van der Waals surface area contributed by atoms with Crippen molar-refractivity contribution in [2.24, 2.45) is 5.92 Å². The normalized spacial score (nSPS) is 12.6. The first-order valence-corrected chi connectivity index (χ1v) is 9.23. The van der Waals surface area contributed by atoms with Crippen LogP contribution in [0.4, 0.5) is 5.69 Å². The fraction of sp³-hybridized carbons (Fsp3) is 0.364. The quantitative estimate of drug-likeness (QED) is 0.660. The third-order valence-corrected chi connectivity index (χ3v) is 4.65. The van der Waals surface area contributed by atoms with Gasteiger partial charge in [-0.1, -0.05) is 50.6 Å². The molecule has 0 bridgehead atoms. The number of ether oxygens (including phenoxy) is 3. The average Bonchev–Trinajstić information content (AvgIpc) is 2.73. The Bertz CT molecular complexity index is 791. The van der Waals surface area contributed by atoms with Crippen LogP contribution in [0.2, 0.25) is 0 Å². The predicted molar refractivity (Wildman–Crippen MR) is 108 cm³/mol. The number of hydrogen-bond acceptors (Lipinski definition) is 5. The summed E-state index contributed by atoms with van der Waals surface area (Å²) in [6.07, 6.45) is 0.821. The Morgan fingerprint density at radius 2 is 1.75 bits per heavy atom. The van der Waals surface area contributed by atoms with Gasteiger partial charge >= 0.3 is 5.97 Å². The number of carbonyl (C=O) groups excluding carboxylic acids is 2. The fourth-order valence-electron chi connectivity index (χ4n) is 2.92. The smallest absolute Gasteiger partial charge is 0.314 e. The molecule has 0 aliphatic rings. The van der Waals surface area contributed by atoms with Gasteiger partial charge in [0.25, 0.3) is 5.91 Å². The lowest BCUT2D eigenvalue weighted by atomic mass is 9.86. The molecule has 6 nitrogen and oxygen atoms in total. The zero-order valence-corrected chi connectivity index (χ0v) is 16.7. The van der Waals surface area contributed by atoms with E-state index in [9.17, 15) is 9.59 Å². The van der Waals surface area contributed by atoms with E-state index >= 15 is 0 Å². The molecule has 0 saturated heterocycles. The van der Waals surface area contributed by atoms with E-state index in [4.69, 9.17) is 14.2 Å². The Morgan fingerprint density at radius 1 is 1.04 bits per heavy atom. The molecule has 0 radical (unpaired) electrons. The van der Waals surface area contributed by atoms with Crippen molar-refractivity contribution in [1.29, 1.82) is 0 Å². The first kappa shape index (κ1) is 21.3. The van der Waals surface area contributed by atoms with Gasteiger partial charge in [0.2, 0.25) is 0 Å². The van der Waals surface area contributed by atoms with Crippen molar-refractivity contribution in [3.8, 4) is 11.5 Å². The van der Waals surface area contributed by atoms with Crippen molar-refractivity contribution < 1.29 is 23.8 Å². The standard InChI is InChI=1S/C22H27NO5/c1-5-15(2)21(16-9-7-6-8-10-16)22(25)28-14-20(24)23-18-13-17(26-3)11-12-19(18)27-4/h6-13,15,21H,5,14H2,1-4H3,(H,23,24)/t15-,21-/m0/s1. The van der Waals surface area contributed by atoms with Gasteiger partial charge in [0.05, 0.1) is 25.8 Å². The Labute approximate surface area is 165 Å². The highest BCUT2D eigenvalue weighted by atomic mass is 16.5. The molecule has 0 aliphatic carbocycles. The number of nitrogens with one attached hydrogen (secondary N) is 1. The van der Waals surface area contributed by atoms with Gasteiger partial charge in [0, 0.05) is 6.07 Å². The fourth-order valence-corrected chi connectivity index (χ4v) is 2.92. The molecule has 150 valence electrons. The second-order valence-corrected chi connectivity index (χ2v) is 6.50. The minimum absolute atomic E-state index is 0.0939. The molecule has 1 N–H and O–H groups in total. The summed E-state index contributed by atoms with van der Waals surface area (Å²) in [5.74, 6) is -0.109. The largest absolute Gasteiger partial charge is 0.497 e. The van der Waals surface area contributed by atoms with Gasteiger partial charge in [-0.05, 0) is 23.6 Å². The summed E-state index contributed by atoms with van der Waals surface area (Å²) < 4.78 is 15.7. The number of methoxy groups -OCH3 is 2. The molecule has 1 amide bonds. The average molecular weight is 385 g/mol. The van der Waals surface area contributed by atoms with Gasteiger partial charge in [0.1, 0.15) is 11.5 Å². The summed E-state index contributed by atoms with van der Waals surface area (Å²) in [6.45, 7) is 3.65. The van der Waals surface area contributed by atoms with Gasteiger partial charge in [-0.15, -0.1) is 0 Å². The molecule has 2 atom stereocenters. The van der Waals surface area contributed by atoms with E-state index in [-0.39, 0.29) is 12.5 Å². The van der Waals surface area contributed by atoms with Crippen LogP contribution in [0.3, 0.4) is 0 Å². The SMILES string of the molecule is CC[C@H](C)[C@H](C(=O)OCC(=O)Nc1cc(OC)ccc1OC)c1ccccc1. The van der Waals surface area contributed by atoms with Gasteiger partial charge in [-0.25, -0.2) is 0 Å². The summed E-state index contributed by atoms with van der Waals surface area (Å²) in [5, 5.41) is 2.69. The number of benzene rings is 2. The molecular formula is C22H27NO5. The zero-order valence-electron chi connectivity index (χ0n) is 16.7. The number of carbonyl (C=O) groups is 2. The van der Waals surface area contributed by atoms with Crippen molar-refractivity contribution in [2.75, 3.05) is 26.1 Å². The van der Waals surface area contributed by atoms with Crippen LogP contribution in [-0.2, 0) is 14.3 Å². The third-order valence-electron chi connectivity index (χ3n) is 4.65. The van der Waals surface area contributed by atoms with Crippen LogP contribution in [0, 0.1) is 5.92 Å². The number of rotatable bonds is 9. The lowest BCUT2D eigenvalue weighted by Crippen LogP contribution is -2.27. The van der Waals surface area contributed by atoms with Crippen LogP contribution in [0.15, 0.2) is 48.5 Å². The molecule has 2 aromatic rings. The van der Waals surface area contributed by atoms with Crippen LogP contribution < -0.4 is 14.8 Å². The third kappa shape index (κ3) is 5.49. The lowest BCUT2D eigenvalue weighted by Gasteiger charge is -2.21. The second kappa shape index (κ2) is 10.3. The predicted octanol–water partition coefficient (Wildman–Crippen LogP) is 4.02. The van der Waals surface area contributed by atoms with E-state index in [1.54, 1.807) is 18.2 Å². The van der Waals surface area contributed by atoms with Gasteiger partial charge in [-0.2, -0.15) is 0 Å².